The highest BCUT2D eigenvalue weighted by molar-refractivity contribution is 5.60. The van der Waals surface area contributed by atoms with Crippen LogP contribution in [0.1, 0.15) is 31.0 Å². The molecule has 0 bridgehead atoms. The summed E-state index contributed by atoms with van der Waals surface area (Å²) in [5, 5.41) is 0. The Morgan fingerprint density at radius 2 is 1.84 bits per heavy atom. The van der Waals surface area contributed by atoms with Gasteiger partial charge in [-0.15, -0.1) is 0 Å². The van der Waals surface area contributed by atoms with Crippen LogP contribution < -0.4 is 10.6 Å². The van der Waals surface area contributed by atoms with E-state index < -0.39 is 0 Å². The van der Waals surface area contributed by atoms with E-state index in [-0.39, 0.29) is 6.04 Å². The summed E-state index contributed by atoms with van der Waals surface area (Å²) in [7, 11) is 0. The number of nitrogens with two attached hydrogens (primary N) is 1. The van der Waals surface area contributed by atoms with Crippen molar-refractivity contribution in [3.8, 4) is 0 Å². The number of benzene rings is 1. The molecule has 0 aliphatic rings. The number of hydrogen-bond acceptors (Lipinski definition) is 3. The SMILES string of the molecule is CCN(c1ccc(C)cc1)c1ccc([C@H](C)N)cn1. The fraction of sp³-hybridized carbons (Fsp3) is 0.312. The van der Waals surface area contributed by atoms with Gasteiger partial charge in [-0.2, -0.15) is 0 Å². The quantitative estimate of drug-likeness (QED) is 0.908. The number of aromatic nitrogens is 1. The molecule has 0 aliphatic heterocycles. The molecule has 0 amide bonds. The molecule has 100 valence electrons. The van der Waals surface area contributed by atoms with Gasteiger partial charge < -0.3 is 10.6 Å². The molecule has 0 saturated carbocycles. The third-order valence-corrected chi connectivity index (χ3v) is 3.23. The monoisotopic (exact) mass is 255 g/mol. The smallest absolute Gasteiger partial charge is 0.132 e. The van der Waals surface area contributed by atoms with E-state index in [9.17, 15) is 0 Å². The van der Waals surface area contributed by atoms with Crippen LogP contribution in [0.5, 0.6) is 0 Å². The van der Waals surface area contributed by atoms with Crippen LogP contribution in [0.2, 0.25) is 0 Å². The van der Waals surface area contributed by atoms with Crippen molar-refractivity contribution in [3.05, 3.63) is 53.7 Å². The normalized spacial score (nSPS) is 12.2. The maximum Gasteiger partial charge on any atom is 0.132 e. The number of pyridine rings is 1. The second kappa shape index (κ2) is 5.85. The molecule has 2 aromatic rings. The Labute approximate surface area is 115 Å². The number of anilines is 2. The minimum absolute atomic E-state index is 0.0241. The number of aryl methyl sites for hydroxylation is 1. The Morgan fingerprint density at radius 3 is 2.32 bits per heavy atom. The fourth-order valence-electron chi connectivity index (χ4n) is 2.03. The third-order valence-electron chi connectivity index (χ3n) is 3.23. The van der Waals surface area contributed by atoms with Gasteiger partial charge >= 0.3 is 0 Å². The van der Waals surface area contributed by atoms with Crippen LogP contribution in [0, 0.1) is 6.92 Å². The Hall–Kier alpha value is -1.87. The lowest BCUT2D eigenvalue weighted by molar-refractivity contribution is 0.810. The standard InChI is InChI=1S/C16H21N3/c1-4-19(15-8-5-12(2)6-9-15)16-10-7-14(11-18-16)13(3)17/h5-11,13H,4,17H2,1-3H3/t13-/m0/s1. The molecule has 19 heavy (non-hydrogen) atoms. The second-order valence-electron chi connectivity index (χ2n) is 4.82. The van der Waals surface area contributed by atoms with E-state index >= 15 is 0 Å². The van der Waals surface area contributed by atoms with E-state index in [0.717, 1.165) is 23.6 Å². The molecule has 0 saturated heterocycles. The van der Waals surface area contributed by atoms with Crippen LogP contribution in [0.4, 0.5) is 11.5 Å². The molecule has 1 aromatic heterocycles. The molecule has 2 N–H and O–H groups in total. The van der Waals surface area contributed by atoms with Crippen molar-refractivity contribution in [2.45, 2.75) is 26.8 Å². The topological polar surface area (TPSA) is 42.1 Å². The first-order valence-electron chi connectivity index (χ1n) is 6.67. The van der Waals surface area contributed by atoms with Crippen LogP contribution in [0.3, 0.4) is 0 Å². The highest BCUT2D eigenvalue weighted by atomic mass is 15.2. The van der Waals surface area contributed by atoms with E-state index in [1.165, 1.54) is 5.56 Å². The van der Waals surface area contributed by atoms with Crippen molar-refractivity contribution >= 4 is 11.5 Å². The van der Waals surface area contributed by atoms with Crippen LogP contribution >= 0.6 is 0 Å². The minimum atomic E-state index is 0.0241. The summed E-state index contributed by atoms with van der Waals surface area (Å²) < 4.78 is 0. The Balaban J connectivity index is 2.28. The predicted octanol–water partition coefficient (Wildman–Crippen LogP) is 3.57. The van der Waals surface area contributed by atoms with E-state index in [1.54, 1.807) is 0 Å². The number of rotatable bonds is 4. The molecule has 0 aliphatic carbocycles. The van der Waals surface area contributed by atoms with Gasteiger partial charge in [-0.1, -0.05) is 23.8 Å². The number of nitrogens with zero attached hydrogens (tertiary/aromatic N) is 2. The van der Waals surface area contributed by atoms with E-state index in [1.807, 2.05) is 25.3 Å². The molecule has 0 fully saturated rings. The first kappa shape index (κ1) is 13.6. The van der Waals surface area contributed by atoms with Gasteiger partial charge in [0.05, 0.1) is 0 Å². The van der Waals surface area contributed by atoms with Crippen molar-refractivity contribution in [1.29, 1.82) is 0 Å². The van der Waals surface area contributed by atoms with Gasteiger partial charge in [-0.3, -0.25) is 0 Å². The summed E-state index contributed by atoms with van der Waals surface area (Å²) in [5.41, 5.74) is 9.33. The summed E-state index contributed by atoms with van der Waals surface area (Å²) in [4.78, 5) is 6.70. The molecular formula is C16H21N3. The lowest BCUT2D eigenvalue weighted by atomic mass is 10.1. The van der Waals surface area contributed by atoms with Crippen molar-refractivity contribution in [2.75, 3.05) is 11.4 Å². The van der Waals surface area contributed by atoms with Gasteiger partial charge in [-0.25, -0.2) is 4.98 Å². The Bertz CT molecular complexity index is 515. The number of hydrogen-bond donors (Lipinski definition) is 1. The van der Waals surface area contributed by atoms with Gasteiger partial charge in [0.1, 0.15) is 5.82 Å². The van der Waals surface area contributed by atoms with Crippen molar-refractivity contribution in [2.24, 2.45) is 5.73 Å². The molecule has 0 radical (unpaired) electrons. The van der Waals surface area contributed by atoms with Crippen LogP contribution in [-0.4, -0.2) is 11.5 Å². The van der Waals surface area contributed by atoms with E-state index in [0.29, 0.717) is 0 Å². The maximum atomic E-state index is 5.85. The van der Waals surface area contributed by atoms with Crippen molar-refractivity contribution < 1.29 is 0 Å². The van der Waals surface area contributed by atoms with Gasteiger partial charge in [0.25, 0.3) is 0 Å². The molecular weight excluding hydrogens is 234 g/mol. The summed E-state index contributed by atoms with van der Waals surface area (Å²) in [5.74, 6) is 0.954. The highest BCUT2D eigenvalue weighted by Crippen LogP contribution is 2.24. The first-order chi connectivity index (χ1) is 9.11. The summed E-state index contributed by atoms with van der Waals surface area (Å²) in [6, 6.07) is 12.6. The summed E-state index contributed by atoms with van der Waals surface area (Å²) in [6.07, 6.45) is 1.86. The molecule has 0 spiro atoms. The zero-order valence-electron chi connectivity index (χ0n) is 11.8. The largest absolute Gasteiger partial charge is 0.327 e. The van der Waals surface area contributed by atoms with E-state index in [2.05, 4.69) is 48.0 Å². The Kier molecular flexibility index (Phi) is 4.17. The molecule has 3 nitrogen and oxygen atoms in total. The van der Waals surface area contributed by atoms with Gasteiger partial charge in [0.2, 0.25) is 0 Å². The van der Waals surface area contributed by atoms with Crippen LogP contribution in [0.15, 0.2) is 42.6 Å². The van der Waals surface area contributed by atoms with Crippen molar-refractivity contribution in [3.63, 3.8) is 0 Å². The minimum Gasteiger partial charge on any atom is -0.327 e. The molecule has 0 unspecified atom stereocenters. The summed E-state index contributed by atoms with van der Waals surface area (Å²) in [6.45, 7) is 7.07. The van der Waals surface area contributed by atoms with Crippen LogP contribution in [-0.2, 0) is 0 Å². The molecule has 3 heteroatoms. The summed E-state index contributed by atoms with van der Waals surface area (Å²) >= 11 is 0. The average molecular weight is 255 g/mol. The second-order valence-corrected chi connectivity index (χ2v) is 4.82. The third kappa shape index (κ3) is 3.12. The first-order valence-corrected chi connectivity index (χ1v) is 6.67. The van der Waals surface area contributed by atoms with Gasteiger partial charge in [0.15, 0.2) is 0 Å². The molecule has 2 rings (SSSR count). The van der Waals surface area contributed by atoms with Gasteiger partial charge in [0, 0.05) is 24.5 Å². The molecule has 1 heterocycles. The molecule has 1 aromatic carbocycles. The predicted molar refractivity (Wildman–Crippen MR) is 80.7 cm³/mol. The van der Waals surface area contributed by atoms with E-state index in [4.69, 9.17) is 5.73 Å². The lowest BCUT2D eigenvalue weighted by Gasteiger charge is -2.22. The van der Waals surface area contributed by atoms with Crippen LogP contribution in [0.25, 0.3) is 0 Å². The van der Waals surface area contributed by atoms with Crippen molar-refractivity contribution in [1.82, 2.24) is 4.98 Å². The van der Waals surface area contributed by atoms with Gasteiger partial charge in [-0.05, 0) is 44.5 Å². The fourth-order valence-corrected chi connectivity index (χ4v) is 2.03. The Morgan fingerprint density at radius 1 is 1.16 bits per heavy atom. The highest BCUT2D eigenvalue weighted by Gasteiger charge is 2.09. The zero-order valence-corrected chi connectivity index (χ0v) is 11.8. The maximum absolute atomic E-state index is 5.85. The zero-order chi connectivity index (χ0) is 13.8. The average Bonchev–Trinajstić information content (AvgIpc) is 2.42. The lowest BCUT2D eigenvalue weighted by Crippen LogP contribution is -2.17. The molecule has 1 atom stereocenters.